The molecule has 4 heteroatoms. The van der Waals surface area contributed by atoms with Crippen LogP contribution in [0.15, 0.2) is 46.9 Å². The first-order chi connectivity index (χ1) is 9.58. The van der Waals surface area contributed by atoms with Gasteiger partial charge in [-0.25, -0.2) is 0 Å². The van der Waals surface area contributed by atoms with Gasteiger partial charge in [-0.1, -0.05) is 47.5 Å². The molecule has 0 amide bonds. The van der Waals surface area contributed by atoms with Crippen LogP contribution in [-0.2, 0) is 0 Å². The van der Waals surface area contributed by atoms with Crippen molar-refractivity contribution in [1.29, 1.82) is 0 Å². The summed E-state index contributed by atoms with van der Waals surface area (Å²) >= 11 is 12.2. The number of ketones is 1. The highest BCUT2D eigenvalue weighted by Crippen LogP contribution is 2.29. The van der Waals surface area contributed by atoms with Crippen LogP contribution in [0.3, 0.4) is 0 Å². The number of fused-ring (bicyclic) bond motifs is 1. The van der Waals surface area contributed by atoms with Gasteiger partial charge in [-0.05, 0) is 30.7 Å². The van der Waals surface area contributed by atoms with Crippen LogP contribution in [-0.4, -0.2) is 5.78 Å². The van der Waals surface area contributed by atoms with Crippen LogP contribution in [0.4, 0.5) is 0 Å². The standard InChI is InChI=1S/C16H10Cl2O2/c1-9-4-2-6-11(14(9)18)15(19)13-8-10-5-3-7-12(17)16(10)20-13/h2-8H,1H3. The first-order valence-electron chi connectivity index (χ1n) is 6.06. The van der Waals surface area contributed by atoms with Crippen LogP contribution in [0.2, 0.25) is 10.0 Å². The van der Waals surface area contributed by atoms with Gasteiger partial charge < -0.3 is 4.42 Å². The third-order valence-corrected chi connectivity index (χ3v) is 3.96. The summed E-state index contributed by atoms with van der Waals surface area (Å²) in [5.41, 5.74) is 1.80. The number of halogens is 2. The van der Waals surface area contributed by atoms with E-state index in [0.717, 1.165) is 10.9 Å². The van der Waals surface area contributed by atoms with Crippen molar-refractivity contribution in [1.82, 2.24) is 0 Å². The van der Waals surface area contributed by atoms with E-state index >= 15 is 0 Å². The first-order valence-corrected chi connectivity index (χ1v) is 6.81. The van der Waals surface area contributed by atoms with E-state index in [1.165, 1.54) is 0 Å². The van der Waals surface area contributed by atoms with Crippen molar-refractivity contribution in [2.24, 2.45) is 0 Å². The van der Waals surface area contributed by atoms with Crippen LogP contribution >= 0.6 is 23.2 Å². The van der Waals surface area contributed by atoms with Crippen molar-refractivity contribution in [3.8, 4) is 0 Å². The minimum Gasteiger partial charge on any atom is -0.451 e. The molecular weight excluding hydrogens is 295 g/mol. The highest BCUT2D eigenvalue weighted by atomic mass is 35.5. The molecule has 0 unspecified atom stereocenters. The van der Waals surface area contributed by atoms with Gasteiger partial charge in [-0.3, -0.25) is 4.79 Å². The summed E-state index contributed by atoms with van der Waals surface area (Å²) in [7, 11) is 0. The largest absolute Gasteiger partial charge is 0.451 e. The molecule has 3 rings (SSSR count). The average molecular weight is 305 g/mol. The smallest absolute Gasteiger partial charge is 0.229 e. The molecular formula is C16H10Cl2O2. The summed E-state index contributed by atoms with van der Waals surface area (Å²) < 4.78 is 5.57. The normalized spacial score (nSPS) is 10.9. The zero-order valence-electron chi connectivity index (χ0n) is 10.6. The fourth-order valence-electron chi connectivity index (χ4n) is 2.09. The number of benzene rings is 2. The topological polar surface area (TPSA) is 30.2 Å². The summed E-state index contributed by atoms with van der Waals surface area (Å²) in [5, 5.41) is 1.73. The number of hydrogen-bond donors (Lipinski definition) is 0. The Morgan fingerprint density at radius 2 is 1.85 bits per heavy atom. The van der Waals surface area contributed by atoms with E-state index in [1.807, 2.05) is 25.1 Å². The Bertz CT molecular complexity index is 818. The number of aryl methyl sites for hydroxylation is 1. The van der Waals surface area contributed by atoms with Crippen molar-refractivity contribution in [2.75, 3.05) is 0 Å². The van der Waals surface area contributed by atoms with Crippen LogP contribution < -0.4 is 0 Å². The molecule has 0 fully saturated rings. The quantitative estimate of drug-likeness (QED) is 0.603. The zero-order chi connectivity index (χ0) is 14.3. The second-order valence-electron chi connectivity index (χ2n) is 4.53. The predicted octanol–water partition coefficient (Wildman–Crippen LogP) is 5.28. The van der Waals surface area contributed by atoms with Gasteiger partial charge in [0.05, 0.1) is 10.0 Å². The van der Waals surface area contributed by atoms with Crippen molar-refractivity contribution in [3.05, 3.63) is 69.4 Å². The Kier molecular flexibility index (Phi) is 3.28. The van der Waals surface area contributed by atoms with Crippen LogP contribution in [0.5, 0.6) is 0 Å². The Morgan fingerprint density at radius 3 is 2.60 bits per heavy atom. The second-order valence-corrected chi connectivity index (χ2v) is 5.32. The van der Waals surface area contributed by atoms with Gasteiger partial charge in [0.15, 0.2) is 11.3 Å². The lowest BCUT2D eigenvalue weighted by Crippen LogP contribution is -2.01. The molecule has 0 aliphatic rings. The molecule has 100 valence electrons. The SMILES string of the molecule is Cc1cccc(C(=O)c2cc3cccc(Cl)c3o2)c1Cl. The van der Waals surface area contributed by atoms with Gasteiger partial charge in [0.2, 0.25) is 5.78 Å². The maximum Gasteiger partial charge on any atom is 0.229 e. The minimum atomic E-state index is -0.244. The minimum absolute atomic E-state index is 0.237. The van der Waals surface area contributed by atoms with Crippen molar-refractivity contribution in [3.63, 3.8) is 0 Å². The molecule has 3 aromatic rings. The van der Waals surface area contributed by atoms with Crippen molar-refractivity contribution < 1.29 is 9.21 Å². The summed E-state index contributed by atoms with van der Waals surface area (Å²) in [6, 6.07) is 12.4. The third kappa shape index (κ3) is 2.11. The summed E-state index contributed by atoms with van der Waals surface area (Å²) in [6.45, 7) is 1.86. The lowest BCUT2D eigenvalue weighted by molar-refractivity contribution is 0.101. The maximum absolute atomic E-state index is 12.5. The summed E-state index contributed by atoms with van der Waals surface area (Å²) in [4.78, 5) is 12.5. The van der Waals surface area contributed by atoms with E-state index in [9.17, 15) is 4.79 Å². The highest BCUT2D eigenvalue weighted by molar-refractivity contribution is 6.36. The molecule has 2 nitrogen and oxygen atoms in total. The highest BCUT2D eigenvalue weighted by Gasteiger charge is 2.18. The molecule has 0 N–H and O–H groups in total. The Balaban J connectivity index is 2.13. The maximum atomic E-state index is 12.5. The molecule has 0 aliphatic heterocycles. The zero-order valence-corrected chi connectivity index (χ0v) is 12.1. The lowest BCUT2D eigenvalue weighted by Gasteiger charge is -2.03. The number of carbonyl (C=O) groups excluding carboxylic acids is 1. The molecule has 0 aliphatic carbocycles. The van der Waals surface area contributed by atoms with E-state index < -0.39 is 0 Å². The molecule has 20 heavy (non-hydrogen) atoms. The number of hydrogen-bond acceptors (Lipinski definition) is 2. The molecule has 1 heterocycles. The first kappa shape index (κ1) is 13.2. The number of carbonyl (C=O) groups is 1. The van der Waals surface area contributed by atoms with Gasteiger partial charge in [0, 0.05) is 10.9 Å². The van der Waals surface area contributed by atoms with E-state index in [2.05, 4.69) is 0 Å². The van der Waals surface area contributed by atoms with E-state index in [0.29, 0.717) is 21.2 Å². The fraction of sp³-hybridized carbons (Fsp3) is 0.0625. The van der Waals surface area contributed by atoms with Gasteiger partial charge in [0.1, 0.15) is 0 Å². The predicted molar refractivity (Wildman–Crippen MR) is 80.8 cm³/mol. The number of furan rings is 1. The Hall–Kier alpha value is -1.77. The summed E-state index contributed by atoms with van der Waals surface area (Å²) in [5.74, 6) is -0.00781. The monoisotopic (exact) mass is 304 g/mol. The molecule has 1 aromatic heterocycles. The molecule has 0 atom stereocenters. The van der Waals surface area contributed by atoms with Gasteiger partial charge in [0.25, 0.3) is 0 Å². The van der Waals surface area contributed by atoms with E-state index in [1.54, 1.807) is 24.3 Å². The second kappa shape index (κ2) is 4.97. The van der Waals surface area contributed by atoms with Gasteiger partial charge in [-0.15, -0.1) is 0 Å². The molecule has 0 saturated heterocycles. The van der Waals surface area contributed by atoms with Crippen LogP contribution in [0.1, 0.15) is 21.7 Å². The number of para-hydroxylation sites is 1. The van der Waals surface area contributed by atoms with Gasteiger partial charge >= 0.3 is 0 Å². The van der Waals surface area contributed by atoms with Crippen LogP contribution in [0, 0.1) is 6.92 Å². The average Bonchev–Trinajstić information content (AvgIpc) is 2.87. The summed E-state index contributed by atoms with van der Waals surface area (Å²) in [6.07, 6.45) is 0. The van der Waals surface area contributed by atoms with E-state index in [4.69, 9.17) is 27.6 Å². The molecule has 0 radical (unpaired) electrons. The third-order valence-electron chi connectivity index (χ3n) is 3.16. The molecule has 0 bridgehead atoms. The Labute approximate surface area is 125 Å². The molecule has 2 aromatic carbocycles. The van der Waals surface area contributed by atoms with Gasteiger partial charge in [-0.2, -0.15) is 0 Å². The fourth-order valence-corrected chi connectivity index (χ4v) is 2.53. The molecule has 0 spiro atoms. The Morgan fingerprint density at radius 1 is 1.10 bits per heavy atom. The van der Waals surface area contributed by atoms with Crippen molar-refractivity contribution >= 4 is 40.0 Å². The van der Waals surface area contributed by atoms with Crippen LogP contribution in [0.25, 0.3) is 11.0 Å². The van der Waals surface area contributed by atoms with Crippen molar-refractivity contribution in [2.45, 2.75) is 6.92 Å². The molecule has 0 saturated carbocycles. The number of rotatable bonds is 2. The lowest BCUT2D eigenvalue weighted by atomic mass is 10.1. The van der Waals surface area contributed by atoms with E-state index in [-0.39, 0.29) is 11.5 Å².